The van der Waals surface area contributed by atoms with Crippen molar-refractivity contribution in [1.29, 1.82) is 0 Å². The zero-order chi connectivity index (χ0) is 20.1. The Balaban J connectivity index is 1.65. The molecule has 3 rings (SSSR count). The zero-order valence-corrected chi connectivity index (χ0v) is 18.0. The molecule has 5 nitrogen and oxygen atoms in total. The van der Waals surface area contributed by atoms with Gasteiger partial charge in [0.2, 0.25) is 5.91 Å². The first-order chi connectivity index (χ1) is 13.5. The third kappa shape index (κ3) is 5.09. The molecule has 2 atom stereocenters. The number of hydrogen-bond acceptors (Lipinski definition) is 4. The highest BCUT2D eigenvalue weighted by Gasteiger charge is 2.29. The molecule has 1 aliphatic heterocycles. The Morgan fingerprint density at radius 3 is 2.64 bits per heavy atom. The summed E-state index contributed by atoms with van der Waals surface area (Å²) in [6.07, 6.45) is 5.96. The van der Waals surface area contributed by atoms with Gasteiger partial charge in [-0.15, -0.1) is 11.8 Å². The summed E-state index contributed by atoms with van der Waals surface area (Å²) < 4.78 is 5.65. The fourth-order valence-corrected chi connectivity index (χ4v) is 4.99. The summed E-state index contributed by atoms with van der Waals surface area (Å²) in [7, 11) is 1.92. The summed E-state index contributed by atoms with van der Waals surface area (Å²) >= 11 is 1.47. The second-order valence-corrected chi connectivity index (χ2v) is 9.05. The highest BCUT2D eigenvalue weighted by Crippen LogP contribution is 2.27. The molecule has 0 aromatic heterocycles. The molecule has 1 heterocycles. The van der Waals surface area contributed by atoms with Crippen LogP contribution < -0.4 is 0 Å². The number of nitrogens with zero attached hydrogens (tertiary/aromatic N) is 2. The Morgan fingerprint density at radius 2 is 1.89 bits per heavy atom. The Labute approximate surface area is 172 Å². The highest BCUT2D eigenvalue weighted by atomic mass is 32.2. The maximum atomic E-state index is 13.2. The number of benzene rings is 1. The van der Waals surface area contributed by atoms with Crippen molar-refractivity contribution in [2.24, 2.45) is 0 Å². The summed E-state index contributed by atoms with van der Waals surface area (Å²) in [6.45, 7) is 5.17. The lowest BCUT2D eigenvalue weighted by Crippen LogP contribution is -2.50. The van der Waals surface area contributed by atoms with Gasteiger partial charge in [-0.3, -0.25) is 9.59 Å². The second kappa shape index (κ2) is 9.79. The minimum Gasteiger partial charge on any atom is -0.375 e. The van der Waals surface area contributed by atoms with E-state index >= 15 is 0 Å². The van der Waals surface area contributed by atoms with Crippen LogP contribution in [0.5, 0.6) is 0 Å². The lowest BCUT2D eigenvalue weighted by molar-refractivity contribution is -0.129. The van der Waals surface area contributed by atoms with Gasteiger partial charge in [0, 0.05) is 24.5 Å². The predicted molar refractivity (Wildman–Crippen MR) is 113 cm³/mol. The molecule has 1 aromatic rings. The standard InChI is InChI=1S/C22H32N2O3S/c1-16-14-27-17(2)13-24(16)22(26)19-11-7-8-12-20(19)28-15-21(25)23(3)18-9-5-4-6-10-18/h7-8,11-12,16-18H,4-6,9-10,13-15H2,1-3H3. The quantitative estimate of drug-likeness (QED) is 0.700. The summed E-state index contributed by atoms with van der Waals surface area (Å²) in [5.41, 5.74) is 0.682. The van der Waals surface area contributed by atoms with E-state index in [9.17, 15) is 9.59 Å². The number of carbonyl (C=O) groups excluding carboxylic acids is 2. The number of carbonyl (C=O) groups is 2. The van der Waals surface area contributed by atoms with Crippen LogP contribution in [-0.4, -0.2) is 65.8 Å². The predicted octanol–water partition coefficient (Wildman–Crippen LogP) is 3.82. The van der Waals surface area contributed by atoms with Crippen LogP contribution >= 0.6 is 11.8 Å². The normalized spacial score (nSPS) is 23.5. The first-order valence-corrected chi connectivity index (χ1v) is 11.4. The average molecular weight is 405 g/mol. The number of thioether (sulfide) groups is 1. The van der Waals surface area contributed by atoms with Crippen molar-refractivity contribution in [2.45, 2.75) is 69.0 Å². The van der Waals surface area contributed by atoms with Crippen LogP contribution in [0.2, 0.25) is 0 Å². The summed E-state index contributed by atoms with van der Waals surface area (Å²) in [6, 6.07) is 8.06. The molecule has 6 heteroatoms. The van der Waals surface area contributed by atoms with Crippen LogP contribution in [0.25, 0.3) is 0 Å². The van der Waals surface area contributed by atoms with Gasteiger partial charge >= 0.3 is 0 Å². The van der Waals surface area contributed by atoms with Gasteiger partial charge in [0.1, 0.15) is 0 Å². The lowest BCUT2D eigenvalue weighted by atomic mass is 9.94. The molecule has 1 aliphatic carbocycles. The summed E-state index contributed by atoms with van der Waals surface area (Å²) in [5.74, 6) is 0.540. The van der Waals surface area contributed by atoms with Crippen molar-refractivity contribution in [3.63, 3.8) is 0 Å². The van der Waals surface area contributed by atoms with E-state index in [1.165, 1.54) is 31.0 Å². The van der Waals surface area contributed by atoms with Gasteiger partial charge in [-0.05, 0) is 38.8 Å². The molecule has 2 aliphatic rings. The fourth-order valence-electron chi connectivity index (χ4n) is 4.02. The molecule has 0 bridgehead atoms. The van der Waals surface area contributed by atoms with E-state index < -0.39 is 0 Å². The molecule has 0 radical (unpaired) electrons. The average Bonchev–Trinajstić information content (AvgIpc) is 2.73. The van der Waals surface area contributed by atoms with Crippen molar-refractivity contribution in [2.75, 3.05) is 26.0 Å². The molecule has 2 unspecified atom stereocenters. The number of hydrogen-bond donors (Lipinski definition) is 0. The number of morpholine rings is 1. The number of ether oxygens (including phenoxy) is 1. The third-order valence-electron chi connectivity index (χ3n) is 5.85. The van der Waals surface area contributed by atoms with Gasteiger partial charge in [-0.1, -0.05) is 31.4 Å². The van der Waals surface area contributed by atoms with Gasteiger partial charge < -0.3 is 14.5 Å². The van der Waals surface area contributed by atoms with E-state index in [-0.39, 0.29) is 24.0 Å². The SMILES string of the molecule is CC1CN(C(=O)c2ccccc2SCC(=O)N(C)C2CCCCC2)C(C)CO1. The van der Waals surface area contributed by atoms with E-state index in [4.69, 9.17) is 4.74 Å². The minimum absolute atomic E-state index is 0.0267. The van der Waals surface area contributed by atoms with Crippen molar-refractivity contribution in [3.8, 4) is 0 Å². The van der Waals surface area contributed by atoms with Crippen LogP contribution in [0.1, 0.15) is 56.3 Å². The largest absolute Gasteiger partial charge is 0.375 e. The first kappa shape index (κ1) is 21.2. The topological polar surface area (TPSA) is 49.9 Å². The van der Waals surface area contributed by atoms with Crippen LogP contribution in [0, 0.1) is 0 Å². The zero-order valence-electron chi connectivity index (χ0n) is 17.2. The maximum Gasteiger partial charge on any atom is 0.255 e. The smallest absolute Gasteiger partial charge is 0.255 e. The molecule has 1 aromatic carbocycles. The molecule has 28 heavy (non-hydrogen) atoms. The van der Waals surface area contributed by atoms with Crippen LogP contribution in [-0.2, 0) is 9.53 Å². The Kier molecular flexibility index (Phi) is 7.41. The van der Waals surface area contributed by atoms with Gasteiger partial charge in [0.25, 0.3) is 5.91 Å². The lowest BCUT2D eigenvalue weighted by Gasteiger charge is -2.37. The van der Waals surface area contributed by atoms with E-state index in [0.717, 1.165) is 17.7 Å². The molecular formula is C22H32N2O3S. The van der Waals surface area contributed by atoms with Crippen LogP contribution in [0.3, 0.4) is 0 Å². The Bertz CT molecular complexity index is 690. The van der Waals surface area contributed by atoms with Crippen molar-refractivity contribution in [1.82, 2.24) is 9.80 Å². The van der Waals surface area contributed by atoms with Crippen LogP contribution in [0.15, 0.2) is 29.2 Å². The van der Waals surface area contributed by atoms with E-state index in [1.54, 1.807) is 0 Å². The second-order valence-electron chi connectivity index (χ2n) is 8.03. The summed E-state index contributed by atoms with van der Waals surface area (Å²) in [4.78, 5) is 30.5. The fraction of sp³-hybridized carbons (Fsp3) is 0.636. The molecule has 1 saturated carbocycles. The third-order valence-corrected chi connectivity index (χ3v) is 6.91. The highest BCUT2D eigenvalue weighted by molar-refractivity contribution is 8.00. The van der Waals surface area contributed by atoms with E-state index in [0.29, 0.717) is 30.5 Å². The van der Waals surface area contributed by atoms with Gasteiger partial charge in [0.15, 0.2) is 0 Å². The number of amides is 2. The van der Waals surface area contributed by atoms with Crippen molar-refractivity contribution >= 4 is 23.6 Å². The molecule has 0 spiro atoms. The van der Waals surface area contributed by atoms with Crippen molar-refractivity contribution < 1.29 is 14.3 Å². The van der Waals surface area contributed by atoms with Crippen molar-refractivity contribution in [3.05, 3.63) is 29.8 Å². The molecule has 0 N–H and O–H groups in total. The van der Waals surface area contributed by atoms with Gasteiger partial charge in [-0.25, -0.2) is 0 Å². The molecule has 1 saturated heterocycles. The van der Waals surface area contributed by atoms with E-state index in [1.807, 2.05) is 55.0 Å². The first-order valence-electron chi connectivity index (χ1n) is 10.4. The van der Waals surface area contributed by atoms with Gasteiger partial charge in [-0.2, -0.15) is 0 Å². The van der Waals surface area contributed by atoms with Crippen LogP contribution in [0.4, 0.5) is 0 Å². The monoisotopic (exact) mass is 404 g/mol. The molecule has 154 valence electrons. The Hall–Kier alpha value is -1.53. The van der Waals surface area contributed by atoms with E-state index in [2.05, 4.69) is 0 Å². The molecular weight excluding hydrogens is 372 g/mol. The van der Waals surface area contributed by atoms with Gasteiger partial charge in [0.05, 0.1) is 30.1 Å². The Morgan fingerprint density at radius 1 is 1.18 bits per heavy atom. The number of rotatable bonds is 5. The molecule has 2 amide bonds. The summed E-state index contributed by atoms with van der Waals surface area (Å²) in [5, 5.41) is 0. The minimum atomic E-state index is 0.0267. The maximum absolute atomic E-state index is 13.2. The molecule has 2 fully saturated rings.